The van der Waals surface area contributed by atoms with Crippen LogP contribution < -0.4 is 4.74 Å². The van der Waals surface area contributed by atoms with Gasteiger partial charge in [-0.1, -0.05) is 22.0 Å². The Kier molecular flexibility index (Phi) is 4.75. The maximum atomic E-state index is 13.4. The van der Waals surface area contributed by atoms with Crippen LogP contribution in [0, 0.1) is 24.1 Å². The van der Waals surface area contributed by atoms with Gasteiger partial charge in [0.05, 0.1) is 11.6 Å². The lowest BCUT2D eigenvalue weighted by molar-refractivity contribution is 0.303. The topological polar surface area (TPSA) is 33.0 Å². The fourth-order valence-electron chi connectivity index (χ4n) is 1.87. The van der Waals surface area contributed by atoms with Crippen molar-refractivity contribution < 1.29 is 9.13 Å². The molecule has 0 radical (unpaired) electrons. The number of rotatable bonds is 4. The van der Waals surface area contributed by atoms with Gasteiger partial charge in [0.25, 0.3) is 0 Å². The maximum absolute atomic E-state index is 13.4. The van der Waals surface area contributed by atoms with E-state index in [9.17, 15) is 4.39 Å². The SMILES string of the molecule is Cc1cc(C#N)ccc1COc1cc(F)cc(CBr)c1. The van der Waals surface area contributed by atoms with Crippen LogP contribution in [0.4, 0.5) is 4.39 Å². The molecule has 0 fully saturated rings. The molecular weight excluding hydrogens is 321 g/mol. The number of nitriles is 1. The minimum atomic E-state index is -0.312. The summed E-state index contributed by atoms with van der Waals surface area (Å²) < 4.78 is 19.0. The molecule has 0 unspecified atom stereocenters. The minimum absolute atomic E-state index is 0.312. The van der Waals surface area contributed by atoms with Crippen LogP contribution in [0.1, 0.15) is 22.3 Å². The largest absolute Gasteiger partial charge is 0.489 e. The molecule has 0 spiro atoms. The Labute approximate surface area is 125 Å². The van der Waals surface area contributed by atoms with Crippen molar-refractivity contribution in [2.45, 2.75) is 18.9 Å². The van der Waals surface area contributed by atoms with Crippen LogP contribution in [0.3, 0.4) is 0 Å². The Bertz CT molecular complexity index is 664. The van der Waals surface area contributed by atoms with Gasteiger partial charge in [0, 0.05) is 11.4 Å². The van der Waals surface area contributed by atoms with E-state index < -0.39 is 0 Å². The number of aryl methyl sites for hydroxylation is 1. The van der Waals surface area contributed by atoms with E-state index in [0.29, 0.717) is 23.2 Å². The lowest BCUT2D eigenvalue weighted by atomic mass is 10.1. The van der Waals surface area contributed by atoms with Crippen molar-refractivity contribution in [3.05, 3.63) is 64.5 Å². The first-order chi connectivity index (χ1) is 9.62. The lowest BCUT2D eigenvalue weighted by Crippen LogP contribution is -1.99. The molecule has 0 aromatic heterocycles. The van der Waals surface area contributed by atoms with Crippen molar-refractivity contribution in [1.82, 2.24) is 0 Å². The number of ether oxygens (including phenoxy) is 1. The van der Waals surface area contributed by atoms with Crippen LogP contribution in [0.15, 0.2) is 36.4 Å². The van der Waals surface area contributed by atoms with Crippen LogP contribution in [0.25, 0.3) is 0 Å². The minimum Gasteiger partial charge on any atom is -0.489 e. The molecule has 2 aromatic carbocycles. The summed E-state index contributed by atoms with van der Waals surface area (Å²) in [4.78, 5) is 0. The molecule has 20 heavy (non-hydrogen) atoms. The summed E-state index contributed by atoms with van der Waals surface area (Å²) in [5.74, 6) is 0.191. The molecule has 2 aromatic rings. The first-order valence-corrected chi connectivity index (χ1v) is 7.22. The molecule has 0 heterocycles. The fourth-order valence-corrected chi connectivity index (χ4v) is 2.19. The monoisotopic (exact) mass is 333 g/mol. The van der Waals surface area contributed by atoms with E-state index in [-0.39, 0.29) is 5.82 Å². The van der Waals surface area contributed by atoms with E-state index in [4.69, 9.17) is 10.00 Å². The van der Waals surface area contributed by atoms with Crippen molar-refractivity contribution >= 4 is 15.9 Å². The smallest absolute Gasteiger partial charge is 0.127 e. The summed E-state index contributed by atoms with van der Waals surface area (Å²) in [7, 11) is 0. The van der Waals surface area contributed by atoms with Gasteiger partial charge in [-0.2, -0.15) is 5.26 Å². The van der Waals surface area contributed by atoms with E-state index in [0.717, 1.165) is 16.7 Å². The molecule has 2 rings (SSSR count). The molecule has 0 N–H and O–H groups in total. The van der Waals surface area contributed by atoms with Crippen molar-refractivity contribution in [3.63, 3.8) is 0 Å². The number of halogens is 2. The molecule has 4 heteroatoms. The Hall–Kier alpha value is -1.86. The summed E-state index contributed by atoms with van der Waals surface area (Å²) >= 11 is 3.30. The summed E-state index contributed by atoms with van der Waals surface area (Å²) in [6.07, 6.45) is 0. The Balaban J connectivity index is 2.13. The molecular formula is C16H13BrFNO. The number of hydrogen-bond acceptors (Lipinski definition) is 2. The zero-order valence-corrected chi connectivity index (χ0v) is 12.6. The summed E-state index contributed by atoms with van der Waals surface area (Å²) in [6.45, 7) is 2.28. The predicted octanol–water partition coefficient (Wildman–Crippen LogP) is 4.48. The van der Waals surface area contributed by atoms with Gasteiger partial charge < -0.3 is 4.74 Å². The van der Waals surface area contributed by atoms with E-state index in [2.05, 4.69) is 22.0 Å². The van der Waals surface area contributed by atoms with Crippen LogP contribution in [-0.4, -0.2) is 0 Å². The fraction of sp³-hybridized carbons (Fsp3) is 0.188. The predicted molar refractivity (Wildman–Crippen MR) is 79.3 cm³/mol. The highest BCUT2D eigenvalue weighted by atomic mass is 79.9. The molecule has 0 atom stereocenters. The third kappa shape index (κ3) is 3.58. The third-order valence-corrected chi connectivity index (χ3v) is 3.60. The van der Waals surface area contributed by atoms with Crippen LogP contribution in [-0.2, 0) is 11.9 Å². The normalized spacial score (nSPS) is 10.1. The second-order valence-corrected chi connectivity index (χ2v) is 5.03. The molecule has 0 aliphatic heterocycles. The molecule has 0 saturated carbocycles. The molecule has 0 aliphatic carbocycles. The Morgan fingerprint density at radius 3 is 2.70 bits per heavy atom. The molecule has 0 bridgehead atoms. The second-order valence-electron chi connectivity index (χ2n) is 4.47. The van der Waals surface area contributed by atoms with Crippen molar-refractivity contribution in [3.8, 4) is 11.8 Å². The Morgan fingerprint density at radius 1 is 1.25 bits per heavy atom. The molecule has 0 aliphatic rings. The summed E-state index contributed by atoms with van der Waals surface area (Å²) in [5, 5.41) is 9.40. The number of hydrogen-bond donors (Lipinski definition) is 0. The van der Waals surface area contributed by atoms with Gasteiger partial charge in [-0.05, 0) is 47.9 Å². The van der Waals surface area contributed by atoms with Gasteiger partial charge >= 0.3 is 0 Å². The molecule has 0 saturated heterocycles. The Morgan fingerprint density at radius 2 is 2.05 bits per heavy atom. The van der Waals surface area contributed by atoms with Crippen LogP contribution in [0.2, 0.25) is 0 Å². The van der Waals surface area contributed by atoms with Crippen LogP contribution in [0.5, 0.6) is 5.75 Å². The zero-order chi connectivity index (χ0) is 14.5. The van der Waals surface area contributed by atoms with Gasteiger partial charge in [-0.3, -0.25) is 0 Å². The lowest BCUT2D eigenvalue weighted by Gasteiger charge is -2.10. The second kappa shape index (κ2) is 6.53. The molecule has 102 valence electrons. The third-order valence-electron chi connectivity index (χ3n) is 2.95. The number of nitrogens with zero attached hydrogens (tertiary/aromatic N) is 1. The summed E-state index contributed by atoms with van der Waals surface area (Å²) in [6, 6.07) is 12.2. The number of benzene rings is 2. The van der Waals surface area contributed by atoms with Gasteiger partial charge in [0.15, 0.2) is 0 Å². The number of alkyl halides is 1. The van der Waals surface area contributed by atoms with E-state index in [1.807, 2.05) is 19.1 Å². The summed E-state index contributed by atoms with van der Waals surface area (Å²) in [5.41, 5.74) is 3.42. The maximum Gasteiger partial charge on any atom is 0.127 e. The molecule has 2 nitrogen and oxygen atoms in total. The zero-order valence-electron chi connectivity index (χ0n) is 11.0. The van der Waals surface area contributed by atoms with Gasteiger partial charge in [0.2, 0.25) is 0 Å². The standard InChI is InChI=1S/C16H13BrFNO/c1-11-4-12(9-19)2-3-14(11)10-20-16-6-13(8-17)5-15(18)7-16/h2-7H,8,10H2,1H3. The highest BCUT2D eigenvalue weighted by Gasteiger charge is 2.04. The molecule has 0 amide bonds. The van der Waals surface area contributed by atoms with Crippen LogP contribution >= 0.6 is 15.9 Å². The average Bonchev–Trinajstić information content (AvgIpc) is 2.45. The highest BCUT2D eigenvalue weighted by Crippen LogP contribution is 2.20. The van der Waals surface area contributed by atoms with Gasteiger partial charge in [-0.15, -0.1) is 0 Å². The van der Waals surface area contributed by atoms with Gasteiger partial charge in [0.1, 0.15) is 18.2 Å². The van der Waals surface area contributed by atoms with E-state index in [1.165, 1.54) is 12.1 Å². The van der Waals surface area contributed by atoms with Crippen molar-refractivity contribution in [2.24, 2.45) is 0 Å². The first-order valence-electron chi connectivity index (χ1n) is 6.10. The van der Waals surface area contributed by atoms with Gasteiger partial charge in [-0.25, -0.2) is 4.39 Å². The van der Waals surface area contributed by atoms with E-state index in [1.54, 1.807) is 12.1 Å². The van der Waals surface area contributed by atoms with E-state index >= 15 is 0 Å². The first kappa shape index (κ1) is 14.5. The average molecular weight is 334 g/mol. The highest BCUT2D eigenvalue weighted by molar-refractivity contribution is 9.08. The quantitative estimate of drug-likeness (QED) is 0.773. The van der Waals surface area contributed by atoms with Crippen molar-refractivity contribution in [1.29, 1.82) is 5.26 Å². The van der Waals surface area contributed by atoms with Crippen molar-refractivity contribution in [2.75, 3.05) is 0 Å².